The van der Waals surface area contributed by atoms with Crippen molar-refractivity contribution in [2.24, 2.45) is 0 Å². The highest BCUT2D eigenvalue weighted by atomic mass is 16.5. The Bertz CT molecular complexity index is 788. The standard InChI is InChI=1S/C18H18N2O3/c1-3-11-23-18(22)13(2)20-16(14-7-5-4-6-8-14)10-9-15(12-19)17(20)21/h4-10,13H,3,11H2,1-2H3. The van der Waals surface area contributed by atoms with Gasteiger partial charge in [0.05, 0.1) is 12.3 Å². The van der Waals surface area contributed by atoms with Gasteiger partial charge in [0.15, 0.2) is 0 Å². The maximum Gasteiger partial charge on any atom is 0.328 e. The number of nitrogens with zero attached hydrogens (tertiary/aromatic N) is 2. The molecule has 1 atom stereocenters. The van der Waals surface area contributed by atoms with E-state index in [2.05, 4.69) is 0 Å². The van der Waals surface area contributed by atoms with E-state index in [1.165, 1.54) is 10.6 Å². The largest absolute Gasteiger partial charge is 0.464 e. The number of esters is 1. The van der Waals surface area contributed by atoms with Crippen molar-refractivity contribution in [1.29, 1.82) is 5.26 Å². The van der Waals surface area contributed by atoms with Gasteiger partial charge in [0.2, 0.25) is 0 Å². The van der Waals surface area contributed by atoms with Gasteiger partial charge in [-0.2, -0.15) is 5.26 Å². The summed E-state index contributed by atoms with van der Waals surface area (Å²) in [5.74, 6) is -0.485. The summed E-state index contributed by atoms with van der Waals surface area (Å²) >= 11 is 0. The quantitative estimate of drug-likeness (QED) is 0.796. The Morgan fingerprint density at radius 3 is 2.57 bits per heavy atom. The van der Waals surface area contributed by atoms with E-state index in [0.717, 1.165) is 5.56 Å². The summed E-state index contributed by atoms with van der Waals surface area (Å²) in [6.45, 7) is 3.80. The smallest absolute Gasteiger partial charge is 0.328 e. The monoisotopic (exact) mass is 310 g/mol. The molecule has 118 valence electrons. The lowest BCUT2D eigenvalue weighted by Gasteiger charge is -2.19. The van der Waals surface area contributed by atoms with Gasteiger partial charge in [0, 0.05) is 0 Å². The zero-order valence-electron chi connectivity index (χ0n) is 13.2. The second-order valence-electron chi connectivity index (χ2n) is 5.13. The van der Waals surface area contributed by atoms with E-state index in [1.54, 1.807) is 13.0 Å². The molecule has 0 bridgehead atoms. The second-order valence-corrected chi connectivity index (χ2v) is 5.13. The average molecular weight is 310 g/mol. The van der Waals surface area contributed by atoms with Crippen molar-refractivity contribution in [3.05, 3.63) is 58.4 Å². The van der Waals surface area contributed by atoms with Crippen molar-refractivity contribution in [2.75, 3.05) is 6.61 Å². The second kappa shape index (κ2) is 7.41. The normalized spacial score (nSPS) is 11.5. The third kappa shape index (κ3) is 3.49. The van der Waals surface area contributed by atoms with Crippen LogP contribution in [0.3, 0.4) is 0 Å². The van der Waals surface area contributed by atoms with Crippen molar-refractivity contribution in [3.63, 3.8) is 0 Å². The van der Waals surface area contributed by atoms with Crippen molar-refractivity contribution < 1.29 is 9.53 Å². The van der Waals surface area contributed by atoms with E-state index in [1.807, 2.05) is 43.3 Å². The van der Waals surface area contributed by atoms with Gasteiger partial charge in [-0.15, -0.1) is 0 Å². The molecule has 0 aliphatic carbocycles. The Morgan fingerprint density at radius 1 is 1.26 bits per heavy atom. The number of hydrogen-bond acceptors (Lipinski definition) is 4. The maximum atomic E-state index is 12.5. The lowest BCUT2D eigenvalue weighted by molar-refractivity contribution is -0.147. The lowest BCUT2D eigenvalue weighted by Crippen LogP contribution is -2.32. The zero-order chi connectivity index (χ0) is 16.8. The van der Waals surface area contributed by atoms with Gasteiger partial charge in [-0.05, 0) is 31.0 Å². The van der Waals surface area contributed by atoms with Crippen LogP contribution in [0, 0.1) is 11.3 Å². The van der Waals surface area contributed by atoms with E-state index < -0.39 is 17.6 Å². The van der Waals surface area contributed by atoms with Gasteiger partial charge in [0.1, 0.15) is 17.7 Å². The molecule has 0 aliphatic rings. The Labute approximate surface area is 134 Å². The Morgan fingerprint density at radius 2 is 1.96 bits per heavy atom. The van der Waals surface area contributed by atoms with Gasteiger partial charge in [-0.25, -0.2) is 4.79 Å². The van der Waals surface area contributed by atoms with Crippen LogP contribution in [0.25, 0.3) is 11.3 Å². The van der Waals surface area contributed by atoms with Gasteiger partial charge < -0.3 is 4.74 Å². The predicted molar refractivity (Wildman–Crippen MR) is 86.8 cm³/mol. The fraction of sp³-hybridized carbons (Fsp3) is 0.278. The number of pyridine rings is 1. The van der Waals surface area contributed by atoms with Crippen molar-refractivity contribution in [2.45, 2.75) is 26.3 Å². The Hall–Kier alpha value is -2.87. The Balaban J connectivity index is 2.57. The number of carbonyl (C=O) groups excluding carboxylic acids is 1. The molecule has 0 N–H and O–H groups in total. The fourth-order valence-corrected chi connectivity index (χ4v) is 2.30. The van der Waals surface area contributed by atoms with Gasteiger partial charge in [-0.3, -0.25) is 9.36 Å². The molecule has 2 rings (SSSR count). The molecule has 0 amide bonds. The predicted octanol–water partition coefficient (Wildman–Crippen LogP) is 2.90. The van der Waals surface area contributed by atoms with E-state index in [4.69, 9.17) is 10.00 Å². The van der Waals surface area contributed by atoms with E-state index in [0.29, 0.717) is 18.7 Å². The molecule has 0 spiro atoms. The van der Waals surface area contributed by atoms with Crippen molar-refractivity contribution >= 4 is 5.97 Å². The molecular weight excluding hydrogens is 292 g/mol. The minimum atomic E-state index is -0.808. The molecule has 0 saturated carbocycles. The van der Waals surface area contributed by atoms with E-state index in [-0.39, 0.29) is 5.56 Å². The summed E-state index contributed by atoms with van der Waals surface area (Å²) in [4.78, 5) is 24.7. The summed E-state index contributed by atoms with van der Waals surface area (Å²) in [7, 11) is 0. The van der Waals surface area contributed by atoms with Crippen LogP contribution < -0.4 is 5.56 Å². The fourth-order valence-electron chi connectivity index (χ4n) is 2.30. The van der Waals surface area contributed by atoms with Crippen LogP contribution in [-0.4, -0.2) is 17.1 Å². The zero-order valence-corrected chi connectivity index (χ0v) is 13.2. The summed E-state index contributed by atoms with van der Waals surface area (Å²) in [6, 6.07) is 13.5. The number of carbonyl (C=O) groups is 1. The summed E-state index contributed by atoms with van der Waals surface area (Å²) in [5, 5.41) is 9.09. The van der Waals surface area contributed by atoms with E-state index >= 15 is 0 Å². The van der Waals surface area contributed by atoms with Crippen LogP contribution in [-0.2, 0) is 9.53 Å². The van der Waals surface area contributed by atoms with Gasteiger partial charge in [0.25, 0.3) is 5.56 Å². The topological polar surface area (TPSA) is 72.1 Å². The summed E-state index contributed by atoms with van der Waals surface area (Å²) in [5.41, 5.74) is 0.884. The first-order valence-corrected chi connectivity index (χ1v) is 7.47. The molecule has 23 heavy (non-hydrogen) atoms. The number of hydrogen-bond donors (Lipinski definition) is 0. The van der Waals surface area contributed by atoms with Crippen LogP contribution >= 0.6 is 0 Å². The van der Waals surface area contributed by atoms with Crippen LogP contribution in [0.4, 0.5) is 0 Å². The van der Waals surface area contributed by atoms with Gasteiger partial charge in [-0.1, -0.05) is 37.3 Å². The van der Waals surface area contributed by atoms with Gasteiger partial charge >= 0.3 is 5.97 Å². The average Bonchev–Trinajstić information content (AvgIpc) is 2.59. The van der Waals surface area contributed by atoms with Crippen LogP contribution in [0.2, 0.25) is 0 Å². The third-order valence-electron chi connectivity index (χ3n) is 3.48. The molecule has 0 radical (unpaired) electrons. The highest BCUT2D eigenvalue weighted by molar-refractivity contribution is 5.75. The van der Waals surface area contributed by atoms with Crippen LogP contribution in [0.15, 0.2) is 47.3 Å². The molecule has 1 aromatic heterocycles. The third-order valence-corrected chi connectivity index (χ3v) is 3.48. The highest BCUT2D eigenvalue weighted by Gasteiger charge is 2.22. The molecule has 1 heterocycles. The van der Waals surface area contributed by atoms with Crippen LogP contribution in [0.5, 0.6) is 0 Å². The summed E-state index contributed by atoms with van der Waals surface area (Å²) < 4.78 is 6.47. The van der Waals surface area contributed by atoms with Crippen LogP contribution in [0.1, 0.15) is 31.9 Å². The van der Waals surface area contributed by atoms with Crippen molar-refractivity contribution in [1.82, 2.24) is 4.57 Å². The first-order chi connectivity index (χ1) is 11.1. The van der Waals surface area contributed by atoms with Crippen molar-refractivity contribution in [3.8, 4) is 17.3 Å². The minimum absolute atomic E-state index is 0.000164. The lowest BCUT2D eigenvalue weighted by atomic mass is 10.1. The number of benzene rings is 1. The molecule has 5 nitrogen and oxygen atoms in total. The number of ether oxygens (including phenoxy) is 1. The number of aromatic nitrogens is 1. The number of nitriles is 1. The minimum Gasteiger partial charge on any atom is -0.464 e. The molecule has 0 fully saturated rings. The first kappa shape index (κ1) is 16.5. The SMILES string of the molecule is CCCOC(=O)C(C)n1c(-c2ccccc2)ccc(C#N)c1=O. The highest BCUT2D eigenvalue weighted by Crippen LogP contribution is 2.22. The molecule has 2 aromatic rings. The molecule has 5 heteroatoms. The van der Waals surface area contributed by atoms with E-state index in [9.17, 15) is 9.59 Å². The first-order valence-electron chi connectivity index (χ1n) is 7.47. The molecular formula is C18H18N2O3. The molecule has 0 saturated heterocycles. The molecule has 1 aromatic carbocycles. The maximum absolute atomic E-state index is 12.5. The Kier molecular flexibility index (Phi) is 5.32. The molecule has 1 unspecified atom stereocenters. The summed E-state index contributed by atoms with van der Waals surface area (Å²) in [6.07, 6.45) is 0.705. The molecule has 0 aliphatic heterocycles. The number of rotatable bonds is 5.